The number of halogens is 3. The van der Waals surface area contributed by atoms with Crippen LogP contribution in [0.15, 0.2) is 54.1 Å². The molecule has 1 amide bonds. The molecule has 0 aliphatic carbocycles. The van der Waals surface area contributed by atoms with E-state index in [2.05, 4.69) is 5.32 Å². The lowest BCUT2D eigenvalue weighted by Crippen LogP contribution is -2.40. The van der Waals surface area contributed by atoms with Gasteiger partial charge in [0.15, 0.2) is 0 Å². The first-order chi connectivity index (χ1) is 16.2. The van der Waals surface area contributed by atoms with Gasteiger partial charge in [0.2, 0.25) is 0 Å². The molecule has 3 rings (SSSR count). The molecule has 5 nitrogen and oxygen atoms in total. The first-order valence-corrected chi connectivity index (χ1v) is 11.2. The van der Waals surface area contributed by atoms with Gasteiger partial charge >= 0.3 is 6.18 Å². The Balaban J connectivity index is 1.62. The molecule has 1 aliphatic heterocycles. The van der Waals surface area contributed by atoms with Crippen LogP contribution in [-0.2, 0) is 11.2 Å². The number of alkyl halides is 3. The third kappa shape index (κ3) is 7.09. The second-order valence-electron chi connectivity index (χ2n) is 8.39. The number of aryl methyl sites for hydroxylation is 1. The Bertz CT molecular complexity index is 1070. The van der Waals surface area contributed by atoms with E-state index < -0.39 is 24.6 Å². The van der Waals surface area contributed by atoms with Crippen molar-refractivity contribution in [3.63, 3.8) is 0 Å². The van der Waals surface area contributed by atoms with Crippen molar-refractivity contribution in [2.45, 2.75) is 57.3 Å². The summed E-state index contributed by atoms with van der Waals surface area (Å²) < 4.78 is 42.2. The number of carbonyl (C=O) groups excluding carboxylic acids is 1. The van der Waals surface area contributed by atoms with Crippen LogP contribution in [0.4, 0.5) is 13.2 Å². The van der Waals surface area contributed by atoms with Gasteiger partial charge in [-0.05, 0) is 67.0 Å². The van der Waals surface area contributed by atoms with Crippen molar-refractivity contribution in [3.05, 3.63) is 70.8 Å². The van der Waals surface area contributed by atoms with Crippen LogP contribution in [-0.4, -0.2) is 29.8 Å². The van der Waals surface area contributed by atoms with Crippen molar-refractivity contribution >= 4 is 11.5 Å². The van der Waals surface area contributed by atoms with Crippen molar-refractivity contribution in [3.8, 4) is 11.8 Å². The van der Waals surface area contributed by atoms with E-state index in [0.29, 0.717) is 30.6 Å². The molecule has 1 aliphatic rings. The van der Waals surface area contributed by atoms with Crippen LogP contribution >= 0.6 is 0 Å². The molecular weight excluding hydrogens is 445 g/mol. The van der Waals surface area contributed by atoms with Crippen molar-refractivity contribution in [2.75, 3.05) is 6.61 Å². The van der Waals surface area contributed by atoms with Crippen molar-refractivity contribution < 1.29 is 27.8 Å². The summed E-state index contributed by atoms with van der Waals surface area (Å²) >= 11 is 0. The average molecular weight is 473 g/mol. The molecule has 0 saturated carbocycles. The highest BCUT2D eigenvalue weighted by Crippen LogP contribution is 2.30. The Hall–Kier alpha value is -3.31. The fourth-order valence-electron chi connectivity index (χ4n) is 3.91. The largest absolute Gasteiger partial charge is 0.494 e. The number of amides is 1. The minimum absolute atomic E-state index is 0.0133. The molecule has 0 saturated heterocycles. The minimum atomic E-state index is -4.19. The summed E-state index contributed by atoms with van der Waals surface area (Å²) in [4.78, 5) is 12.5. The predicted octanol–water partition coefficient (Wildman–Crippen LogP) is 5.26. The number of nitriles is 1. The van der Waals surface area contributed by atoms with Gasteiger partial charge in [-0.1, -0.05) is 36.4 Å². The molecule has 0 radical (unpaired) electrons. The SMILES string of the molecule is CC(O)c1ccc(C2=C(C#N)C(=O)NC(CCc3cccc(OCCCC(F)(F)F)c3)C2)cc1. The van der Waals surface area contributed by atoms with Gasteiger partial charge in [-0.25, -0.2) is 0 Å². The number of nitrogens with zero attached hydrogens (tertiary/aromatic N) is 1. The molecule has 2 unspecified atom stereocenters. The van der Waals surface area contributed by atoms with Crippen molar-refractivity contribution in [1.29, 1.82) is 5.26 Å². The molecule has 2 atom stereocenters. The molecule has 2 N–H and O–H groups in total. The van der Waals surface area contributed by atoms with Gasteiger partial charge in [0, 0.05) is 12.5 Å². The average Bonchev–Trinajstić information content (AvgIpc) is 2.80. The maximum atomic E-state index is 12.5. The van der Waals surface area contributed by atoms with Gasteiger partial charge in [0.05, 0.1) is 12.7 Å². The van der Waals surface area contributed by atoms with Crippen LogP contribution < -0.4 is 10.1 Å². The Morgan fingerprint density at radius 3 is 2.62 bits per heavy atom. The van der Waals surface area contributed by atoms with E-state index in [0.717, 1.165) is 16.7 Å². The number of hydrogen-bond donors (Lipinski definition) is 2. The molecule has 34 heavy (non-hydrogen) atoms. The monoisotopic (exact) mass is 472 g/mol. The zero-order valence-corrected chi connectivity index (χ0v) is 18.9. The molecule has 0 spiro atoms. The van der Waals surface area contributed by atoms with E-state index in [-0.39, 0.29) is 24.6 Å². The molecule has 1 heterocycles. The summed E-state index contributed by atoms with van der Waals surface area (Å²) in [5.41, 5.74) is 3.24. The number of rotatable bonds is 9. The van der Waals surface area contributed by atoms with Crippen molar-refractivity contribution in [2.24, 2.45) is 0 Å². The quantitative estimate of drug-likeness (QED) is 0.488. The fraction of sp³-hybridized carbons (Fsp3) is 0.385. The van der Waals surface area contributed by atoms with Gasteiger partial charge in [-0.3, -0.25) is 4.79 Å². The maximum Gasteiger partial charge on any atom is 0.389 e. The number of nitrogens with one attached hydrogen (secondary N) is 1. The standard InChI is InChI=1S/C26H27F3N2O3/c1-17(32)19-7-9-20(10-8-19)23-15-21(31-25(33)24(23)16-30)11-6-18-4-2-5-22(14-18)34-13-3-12-26(27,28)29/h2,4-5,7-10,14,17,21,32H,3,6,11-13,15H2,1H3,(H,31,33). The topological polar surface area (TPSA) is 82.3 Å². The first kappa shape index (κ1) is 25.3. The molecule has 2 aromatic rings. The Morgan fingerprint density at radius 2 is 1.97 bits per heavy atom. The highest BCUT2D eigenvalue weighted by atomic mass is 19.4. The molecule has 8 heteroatoms. The first-order valence-electron chi connectivity index (χ1n) is 11.2. The minimum Gasteiger partial charge on any atom is -0.494 e. The zero-order valence-electron chi connectivity index (χ0n) is 18.9. The molecule has 0 aromatic heterocycles. The Labute approximate surface area is 196 Å². The number of hydrogen-bond acceptors (Lipinski definition) is 4. The molecule has 0 bridgehead atoms. The van der Waals surface area contributed by atoms with Crippen LogP contribution in [0.25, 0.3) is 5.57 Å². The number of aliphatic hydroxyl groups is 1. The number of benzene rings is 2. The van der Waals surface area contributed by atoms with Gasteiger partial charge < -0.3 is 15.2 Å². The van der Waals surface area contributed by atoms with E-state index in [4.69, 9.17) is 4.74 Å². The van der Waals surface area contributed by atoms with Crippen LogP contribution in [0.3, 0.4) is 0 Å². The van der Waals surface area contributed by atoms with Gasteiger partial charge in [-0.15, -0.1) is 0 Å². The number of ether oxygens (including phenoxy) is 1. The second kappa shape index (κ2) is 11.2. The summed E-state index contributed by atoms with van der Waals surface area (Å²) in [6.45, 7) is 1.65. The van der Waals surface area contributed by atoms with Crippen molar-refractivity contribution in [1.82, 2.24) is 5.32 Å². The van der Waals surface area contributed by atoms with Crippen LogP contribution in [0.5, 0.6) is 5.75 Å². The predicted molar refractivity (Wildman–Crippen MR) is 122 cm³/mol. The summed E-state index contributed by atoms with van der Waals surface area (Å²) in [6.07, 6.45) is -4.03. The summed E-state index contributed by atoms with van der Waals surface area (Å²) in [5, 5.41) is 22.1. The third-order valence-corrected chi connectivity index (χ3v) is 5.72. The lowest BCUT2D eigenvalue weighted by molar-refractivity contribution is -0.136. The Morgan fingerprint density at radius 1 is 1.24 bits per heavy atom. The third-order valence-electron chi connectivity index (χ3n) is 5.72. The van der Waals surface area contributed by atoms with E-state index in [1.807, 2.05) is 24.3 Å². The van der Waals surface area contributed by atoms with Gasteiger partial charge in [-0.2, -0.15) is 18.4 Å². The maximum absolute atomic E-state index is 12.5. The van der Waals surface area contributed by atoms with Crippen LogP contribution in [0, 0.1) is 11.3 Å². The van der Waals surface area contributed by atoms with Gasteiger partial charge in [0.25, 0.3) is 5.91 Å². The lowest BCUT2D eigenvalue weighted by atomic mass is 9.87. The second-order valence-corrected chi connectivity index (χ2v) is 8.39. The van der Waals surface area contributed by atoms with E-state index in [9.17, 15) is 28.3 Å². The normalized spacial score (nSPS) is 17.2. The summed E-state index contributed by atoms with van der Waals surface area (Å²) in [6, 6.07) is 16.2. The van der Waals surface area contributed by atoms with Crippen LogP contribution in [0.1, 0.15) is 55.4 Å². The fourth-order valence-corrected chi connectivity index (χ4v) is 3.91. The van der Waals surface area contributed by atoms with Gasteiger partial charge in [0.1, 0.15) is 17.4 Å². The molecular formula is C26H27F3N2O3. The van der Waals surface area contributed by atoms with E-state index >= 15 is 0 Å². The Kier molecular flexibility index (Phi) is 8.35. The summed E-state index contributed by atoms with van der Waals surface area (Å²) in [5.74, 6) is 0.105. The number of aliphatic hydroxyl groups excluding tert-OH is 1. The van der Waals surface area contributed by atoms with Crippen LogP contribution in [0.2, 0.25) is 0 Å². The number of carbonyl (C=O) groups is 1. The zero-order chi connectivity index (χ0) is 24.7. The smallest absolute Gasteiger partial charge is 0.389 e. The van der Waals surface area contributed by atoms with E-state index in [1.54, 1.807) is 37.3 Å². The molecule has 180 valence electrons. The highest BCUT2D eigenvalue weighted by molar-refractivity contribution is 6.06. The molecule has 0 fully saturated rings. The van der Waals surface area contributed by atoms with E-state index in [1.165, 1.54) is 0 Å². The summed E-state index contributed by atoms with van der Waals surface area (Å²) in [7, 11) is 0. The highest BCUT2D eigenvalue weighted by Gasteiger charge is 2.28. The lowest BCUT2D eigenvalue weighted by Gasteiger charge is -2.26. The molecule has 2 aromatic carbocycles.